The lowest BCUT2D eigenvalue weighted by Crippen LogP contribution is -2.35. The van der Waals surface area contributed by atoms with Gasteiger partial charge >= 0.3 is 0 Å². The van der Waals surface area contributed by atoms with Crippen molar-refractivity contribution in [2.45, 2.75) is 50.5 Å². The summed E-state index contributed by atoms with van der Waals surface area (Å²) in [5.74, 6) is -0.0811. The molecule has 2 aromatic rings. The van der Waals surface area contributed by atoms with Crippen molar-refractivity contribution in [2.24, 2.45) is 0 Å². The summed E-state index contributed by atoms with van der Waals surface area (Å²) in [5, 5.41) is 3.02. The van der Waals surface area contributed by atoms with E-state index >= 15 is 0 Å². The van der Waals surface area contributed by atoms with Gasteiger partial charge in [-0.15, -0.1) is 0 Å². The highest BCUT2D eigenvalue weighted by Gasteiger charge is 2.25. The number of amides is 1. The number of sulfonamides is 1. The fraction of sp³-hybridized carbons (Fsp3) is 0.409. The Hall–Kier alpha value is -2.18. The van der Waals surface area contributed by atoms with Crippen molar-refractivity contribution < 1.29 is 13.2 Å². The number of carbonyl (C=O) groups excluding carboxylic acids is 1. The van der Waals surface area contributed by atoms with Crippen LogP contribution in [0.1, 0.15) is 48.9 Å². The van der Waals surface area contributed by atoms with Crippen molar-refractivity contribution in [1.82, 2.24) is 9.62 Å². The Kier molecular flexibility index (Phi) is 6.52. The van der Waals surface area contributed by atoms with E-state index in [-0.39, 0.29) is 18.4 Å². The Labute approximate surface area is 167 Å². The molecule has 0 saturated carbocycles. The van der Waals surface area contributed by atoms with E-state index in [0.717, 1.165) is 36.0 Å². The summed E-state index contributed by atoms with van der Waals surface area (Å²) in [7, 11) is -3.43. The number of hydrogen-bond donors (Lipinski definition) is 1. The van der Waals surface area contributed by atoms with Gasteiger partial charge in [0.2, 0.25) is 15.9 Å². The molecule has 1 atom stereocenters. The molecule has 5 nitrogen and oxygen atoms in total. The van der Waals surface area contributed by atoms with E-state index in [9.17, 15) is 13.2 Å². The third-order valence-corrected chi connectivity index (χ3v) is 7.19. The average Bonchev–Trinajstić information content (AvgIpc) is 2.69. The molecule has 1 aliphatic heterocycles. The van der Waals surface area contributed by atoms with Crippen LogP contribution in [0.5, 0.6) is 0 Å². The van der Waals surface area contributed by atoms with E-state index < -0.39 is 10.0 Å². The summed E-state index contributed by atoms with van der Waals surface area (Å²) in [4.78, 5) is 12.7. The second-order valence-electron chi connectivity index (χ2n) is 7.43. The summed E-state index contributed by atoms with van der Waals surface area (Å²) < 4.78 is 27.0. The van der Waals surface area contributed by atoms with Crippen LogP contribution in [0, 0.1) is 6.92 Å². The van der Waals surface area contributed by atoms with Crippen LogP contribution < -0.4 is 5.32 Å². The number of aryl methyl sites for hydroxylation is 1. The number of carbonyl (C=O) groups is 1. The lowest BCUT2D eigenvalue weighted by molar-refractivity contribution is -0.121. The largest absolute Gasteiger partial charge is 0.349 e. The van der Waals surface area contributed by atoms with Crippen LogP contribution >= 0.6 is 0 Å². The monoisotopic (exact) mass is 400 g/mol. The van der Waals surface area contributed by atoms with E-state index in [4.69, 9.17) is 0 Å². The SMILES string of the molecule is Cc1ccccc1C(C)NC(=O)Cc1ccc(S(=O)(=O)N2CCCCC2)cc1. The first-order valence-electron chi connectivity index (χ1n) is 9.82. The molecule has 1 saturated heterocycles. The minimum Gasteiger partial charge on any atom is -0.349 e. The summed E-state index contributed by atoms with van der Waals surface area (Å²) in [6.07, 6.45) is 3.13. The molecule has 2 aromatic carbocycles. The van der Waals surface area contributed by atoms with Gasteiger partial charge in [-0.05, 0) is 55.5 Å². The molecule has 0 aliphatic carbocycles. The van der Waals surface area contributed by atoms with Crippen LogP contribution in [-0.2, 0) is 21.2 Å². The number of benzene rings is 2. The molecule has 1 aliphatic rings. The highest BCUT2D eigenvalue weighted by molar-refractivity contribution is 7.89. The molecule has 1 N–H and O–H groups in total. The molecular formula is C22H28N2O3S. The summed E-state index contributed by atoms with van der Waals surface area (Å²) >= 11 is 0. The average molecular weight is 401 g/mol. The van der Waals surface area contributed by atoms with E-state index in [2.05, 4.69) is 5.32 Å². The predicted octanol–water partition coefficient (Wildman–Crippen LogP) is 3.59. The van der Waals surface area contributed by atoms with E-state index in [0.29, 0.717) is 18.0 Å². The van der Waals surface area contributed by atoms with Gasteiger partial charge in [-0.1, -0.05) is 42.8 Å². The molecule has 28 heavy (non-hydrogen) atoms. The highest BCUT2D eigenvalue weighted by atomic mass is 32.2. The van der Waals surface area contributed by atoms with Crippen LogP contribution in [-0.4, -0.2) is 31.7 Å². The fourth-order valence-electron chi connectivity index (χ4n) is 3.66. The molecule has 150 valence electrons. The Morgan fingerprint density at radius 2 is 1.68 bits per heavy atom. The van der Waals surface area contributed by atoms with Crippen LogP contribution in [0.4, 0.5) is 0 Å². The third kappa shape index (κ3) is 4.80. The highest BCUT2D eigenvalue weighted by Crippen LogP contribution is 2.21. The number of hydrogen-bond acceptors (Lipinski definition) is 3. The van der Waals surface area contributed by atoms with Gasteiger partial charge in [-0.3, -0.25) is 4.79 Å². The molecule has 6 heteroatoms. The summed E-state index contributed by atoms with van der Waals surface area (Å²) in [5.41, 5.74) is 3.04. The molecule has 1 heterocycles. The molecule has 0 aromatic heterocycles. The fourth-order valence-corrected chi connectivity index (χ4v) is 5.18. The molecule has 1 unspecified atom stereocenters. The first-order valence-corrected chi connectivity index (χ1v) is 11.3. The first kappa shape index (κ1) is 20.6. The number of rotatable bonds is 6. The third-order valence-electron chi connectivity index (χ3n) is 5.27. The quantitative estimate of drug-likeness (QED) is 0.806. The summed E-state index contributed by atoms with van der Waals surface area (Å²) in [6, 6.07) is 14.6. The molecule has 3 rings (SSSR count). The Balaban J connectivity index is 1.62. The minimum atomic E-state index is -3.43. The van der Waals surface area contributed by atoms with E-state index in [1.165, 1.54) is 0 Å². The smallest absolute Gasteiger partial charge is 0.243 e. The van der Waals surface area contributed by atoms with Gasteiger partial charge in [0.15, 0.2) is 0 Å². The minimum absolute atomic E-state index is 0.0764. The lowest BCUT2D eigenvalue weighted by atomic mass is 10.0. The molecular weight excluding hydrogens is 372 g/mol. The standard InChI is InChI=1S/C22H28N2O3S/c1-17-8-4-5-9-21(17)18(2)23-22(25)16-19-10-12-20(13-11-19)28(26,27)24-14-6-3-7-15-24/h4-5,8-13,18H,3,6-7,14-16H2,1-2H3,(H,23,25). The zero-order valence-electron chi connectivity index (χ0n) is 16.5. The second kappa shape index (κ2) is 8.88. The van der Waals surface area contributed by atoms with Crippen molar-refractivity contribution in [3.05, 3.63) is 65.2 Å². The van der Waals surface area contributed by atoms with Gasteiger partial charge in [-0.25, -0.2) is 8.42 Å². The topological polar surface area (TPSA) is 66.5 Å². The Morgan fingerprint density at radius 1 is 1.04 bits per heavy atom. The van der Waals surface area contributed by atoms with Crippen LogP contribution in [0.25, 0.3) is 0 Å². The van der Waals surface area contributed by atoms with Gasteiger partial charge in [0.05, 0.1) is 17.4 Å². The Morgan fingerprint density at radius 3 is 2.32 bits per heavy atom. The Bertz CT molecular complexity index is 917. The maximum absolute atomic E-state index is 12.7. The van der Waals surface area contributed by atoms with E-state index in [1.807, 2.05) is 38.1 Å². The number of piperidine rings is 1. The lowest BCUT2D eigenvalue weighted by Gasteiger charge is -2.25. The van der Waals surface area contributed by atoms with Crippen molar-refractivity contribution in [3.63, 3.8) is 0 Å². The zero-order valence-corrected chi connectivity index (χ0v) is 17.3. The summed E-state index contributed by atoms with van der Waals surface area (Å²) in [6.45, 7) is 5.17. The first-order chi connectivity index (χ1) is 13.4. The van der Waals surface area contributed by atoms with Crippen molar-refractivity contribution in [3.8, 4) is 0 Å². The van der Waals surface area contributed by atoms with Gasteiger partial charge < -0.3 is 5.32 Å². The van der Waals surface area contributed by atoms with Crippen molar-refractivity contribution in [2.75, 3.05) is 13.1 Å². The maximum atomic E-state index is 12.7. The number of nitrogens with one attached hydrogen (secondary N) is 1. The molecule has 0 radical (unpaired) electrons. The maximum Gasteiger partial charge on any atom is 0.243 e. The molecule has 0 spiro atoms. The van der Waals surface area contributed by atoms with Gasteiger partial charge in [0.25, 0.3) is 0 Å². The second-order valence-corrected chi connectivity index (χ2v) is 9.37. The zero-order chi connectivity index (χ0) is 20.1. The number of nitrogens with zero attached hydrogens (tertiary/aromatic N) is 1. The van der Waals surface area contributed by atoms with Crippen molar-refractivity contribution >= 4 is 15.9 Å². The molecule has 0 bridgehead atoms. The van der Waals surface area contributed by atoms with Gasteiger partial charge in [-0.2, -0.15) is 4.31 Å². The molecule has 1 amide bonds. The van der Waals surface area contributed by atoms with Crippen LogP contribution in [0.2, 0.25) is 0 Å². The van der Waals surface area contributed by atoms with Crippen LogP contribution in [0.3, 0.4) is 0 Å². The normalized spacial score (nSPS) is 16.5. The van der Waals surface area contributed by atoms with Crippen molar-refractivity contribution in [1.29, 1.82) is 0 Å². The predicted molar refractivity (Wildman–Crippen MR) is 110 cm³/mol. The van der Waals surface area contributed by atoms with Gasteiger partial charge in [0.1, 0.15) is 0 Å². The van der Waals surface area contributed by atoms with Gasteiger partial charge in [0, 0.05) is 13.1 Å². The van der Waals surface area contributed by atoms with E-state index in [1.54, 1.807) is 28.6 Å². The van der Waals surface area contributed by atoms with Crippen LogP contribution in [0.15, 0.2) is 53.4 Å². The molecule has 1 fully saturated rings.